The van der Waals surface area contributed by atoms with Gasteiger partial charge in [-0.15, -0.1) is 0 Å². The molecule has 1 fully saturated rings. The van der Waals surface area contributed by atoms with Gasteiger partial charge in [-0.2, -0.15) is 0 Å². The summed E-state index contributed by atoms with van der Waals surface area (Å²) in [5.74, 6) is -1.30. The Morgan fingerprint density at radius 3 is 2.65 bits per heavy atom. The van der Waals surface area contributed by atoms with E-state index in [1.807, 2.05) is 12.1 Å². The number of carbonyl (C=O) groups excluding carboxylic acids is 1. The Kier molecular flexibility index (Phi) is 5.09. The van der Waals surface area contributed by atoms with E-state index in [1.54, 1.807) is 12.4 Å². The van der Waals surface area contributed by atoms with Crippen molar-refractivity contribution in [2.24, 2.45) is 11.8 Å². The standard InChI is InChI=1S/C15H20N2O3/c18-14(12-2-1-3-13(10-12)15(19)20)17-9-6-11-4-7-16-8-5-11/h4-5,7-8,12-13H,1-3,6,9-10H2,(H,17,18)(H,19,20). The first kappa shape index (κ1) is 14.5. The minimum atomic E-state index is -0.778. The molecule has 5 nitrogen and oxygen atoms in total. The maximum absolute atomic E-state index is 12.0. The fraction of sp³-hybridized carbons (Fsp3) is 0.533. The summed E-state index contributed by atoms with van der Waals surface area (Å²) in [6.07, 6.45) is 7.01. The highest BCUT2D eigenvalue weighted by Crippen LogP contribution is 2.29. The summed E-state index contributed by atoms with van der Waals surface area (Å²) < 4.78 is 0. The summed E-state index contributed by atoms with van der Waals surface area (Å²) in [6, 6.07) is 3.85. The second-order valence-electron chi connectivity index (χ2n) is 5.30. The van der Waals surface area contributed by atoms with Gasteiger partial charge in [-0.3, -0.25) is 14.6 Å². The van der Waals surface area contributed by atoms with E-state index < -0.39 is 5.97 Å². The lowest BCUT2D eigenvalue weighted by molar-refractivity contribution is -0.144. The summed E-state index contributed by atoms with van der Waals surface area (Å²) in [7, 11) is 0. The Bertz CT molecular complexity index is 461. The average molecular weight is 276 g/mol. The van der Waals surface area contributed by atoms with Crippen LogP contribution in [0.2, 0.25) is 0 Å². The molecule has 1 aromatic rings. The number of pyridine rings is 1. The first-order chi connectivity index (χ1) is 9.66. The highest BCUT2D eigenvalue weighted by Gasteiger charge is 2.30. The third kappa shape index (κ3) is 4.05. The van der Waals surface area contributed by atoms with E-state index in [-0.39, 0.29) is 17.7 Å². The lowest BCUT2D eigenvalue weighted by Crippen LogP contribution is -2.36. The third-order valence-corrected chi connectivity index (χ3v) is 3.86. The number of nitrogens with zero attached hydrogens (tertiary/aromatic N) is 1. The molecule has 20 heavy (non-hydrogen) atoms. The van der Waals surface area contributed by atoms with Crippen LogP contribution in [0.4, 0.5) is 0 Å². The van der Waals surface area contributed by atoms with E-state index in [1.165, 1.54) is 0 Å². The van der Waals surface area contributed by atoms with Crippen molar-refractivity contribution in [3.63, 3.8) is 0 Å². The molecule has 0 aromatic carbocycles. The van der Waals surface area contributed by atoms with Crippen molar-refractivity contribution in [3.05, 3.63) is 30.1 Å². The number of carbonyl (C=O) groups is 2. The Hall–Kier alpha value is -1.91. The van der Waals surface area contributed by atoms with Crippen molar-refractivity contribution in [1.82, 2.24) is 10.3 Å². The quantitative estimate of drug-likeness (QED) is 0.856. The molecule has 2 atom stereocenters. The topological polar surface area (TPSA) is 79.3 Å². The normalized spacial score (nSPS) is 22.2. The zero-order chi connectivity index (χ0) is 14.4. The molecular formula is C15H20N2O3. The predicted molar refractivity (Wildman–Crippen MR) is 74.0 cm³/mol. The third-order valence-electron chi connectivity index (χ3n) is 3.86. The van der Waals surface area contributed by atoms with E-state index in [2.05, 4.69) is 10.3 Å². The Labute approximate surface area is 118 Å². The number of amides is 1. The molecule has 1 amide bonds. The van der Waals surface area contributed by atoms with Gasteiger partial charge in [0.05, 0.1) is 5.92 Å². The summed E-state index contributed by atoms with van der Waals surface area (Å²) in [4.78, 5) is 27.0. The first-order valence-electron chi connectivity index (χ1n) is 7.06. The van der Waals surface area contributed by atoms with Gasteiger partial charge in [-0.05, 0) is 43.4 Å². The molecule has 0 aliphatic heterocycles. The molecule has 1 heterocycles. The van der Waals surface area contributed by atoms with Crippen molar-refractivity contribution < 1.29 is 14.7 Å². The molecule has 0 bridgehead atoms. The average Bonchev–Trinajstić information content (AvgIpc) is 2.48. The monoisotopic (exact) mass is 276 g/mol. The molecule has 2 unspecified atom stereocenters. The van der Waals surface area contributed by atoms with E-state index in [9.17, 15) is 9.59 Å². The van der Waals surface area contributed by atoms with Crippen LogP contribution in [-0.4, -0.2) is 28.5 Å². The molecule has 2 N–H and O–H groups in total. The Balaban J connectivity index is 1.75. The molecule has 1 aromatic heterocycles. The van der Waals surface area contributed by atoms with Crippen LogP contribution in [-0.2, 0) is 16.0 Å². The van der Waals surface area contributed by atoms with Crippen LogP contribution in [0.5, 0.6) is 0 Å². The van der Waals surface area contributed by atoms with Gasteiger partial charge in [-0.1, -0.05) is 6.42 Å². The smallest absolute Gasteiger partial charge is 0.306 e. The largest absolute Gasteiger partial charge is 0.481 e. The van der Waals surface area contributed by atoms with Gasteiger partial charge in [0.2, 0.25) is 5.91 Å². The lowest BCUT2D eigenvalue weighted by atomic mass is 9.81. The second-order valence-corrected chi connectivity index (χ2v) is 5.30. The number of aromatic nitrogens is 1. The molecular weight excluding hydrogens is 256 g/mol. The highest BCUT2D eigenvalue weighted by atomic mass is 16.4. The van der Waals surface area contributed by atoms with Crippen LogP contribution in [0.15, 0.2) is 24.5 Å². The first-order valence-corrected chi connectivity index (χ1v) is 7.06. The minimum Gasteiger partial charge on any atom is -0.481 e. The Morgan fingerprint density at radius 2 is 1.95 bits per heavy atom. The fourth-order valence-corrected chi connectivity index (χ4v) is 2.68. The van der Waals surface area contributed by atoms with Crippen LogP contribution in [0.25, 0.3) is 0 Å². The van der Waals surface area contributed by atoms with Crippen molar-refractivity contribution in [2.45, 2.75) is 32.1 Å². The summed E-state index contributed by atoms with van der Waals surface area (Å²) >= 11 is 0. The van der Waals surface area contributed by atoms with E-state index >= 15 is 0 Å². The lowest BCUT2D eigenvalue weighted by Gasteiger charge is -2.25. The highest BCUT2D eigenvalue weighted by molar-refractivity contribution is 5.80. The SMILES string of the molecule is O=C(O)C1CCCC(C(=O)NCCc2ccncc2)C1. The van der Waals surface area contributed by atoms with Crippen molar-refractivity contribution in [3.8, 4) is 0 Å². The van der Waals surface area contributed by atoms with Gasteiger partial charge in [0, 0.05) is 24.9 Å². The maximum atomic E-state index is 12.0. The van der Waals surface area contributed by atoms with E-state index in [4.69, 9.17) is 5.11 Å². The summed E-state index contributed by atoms with van der Waals surface area (Å²) in [6.45, 7) is 0.580. The van der Waals surface area contributed by atoms with Gasteiger partial charge in [0.25, 0.3) is 0 Å². The molecule has 1 saturated carbocycles. The van der Waals surface area contributed by atoms with Gasteiger partial charge in [0.1, 0.15) is 0 Å². The van der Waals surface area contributed by atoms with Crippen LogP contribution < -0.4 is 5.32 Å². The molecule has 0 spiro atoms. The van der Waals surface area contributed by atoms with Crippen molar-refractivity contribution in [2.75, 3.05) is 6.54 Å². The maximum Gasteiger partial charge on any atom is 0.306 e. The molecule has 0 saturated heterocycles. The number of hydrogen-bond acceptors (Lipinski definition) is 3. The molecule has 2 rings (SSSR count). The van der Waals surface area contributed by atoms with E-state index in [0.29, 0.717) is 19.4 Å². The minimum absolute atomic E-state index is 0.00925. The number of carboxylic acids is 1. The molecule has 1 aliphatic rings. The zero-order valence-corrected chi connectivity index (χ0v) is 11.4. The number of aliphatic carboxylic acids is 1. The number of rotatable bonds is 5. The number of hydrogen-bond donors (Lipinski definition) is 2. The molecule has 108 valence electrons. The van der Waals surface area contributed by atoms with Crippen molar-refractivity contribution >= 4 is 11.9 Å². The number of carboxylic acid groups (broad SMARTS) is 1. The molecule has 1 aliphatic carbocycles. The van der Waals surface area contributed by atoms with Crippen LogP contribution in [0, 0.1) is 11.8 Å². The van der Waals surface area contributed by atoms with Gasteiger partial charge in [0.15, 0.2) is 0 Å². The van der Waals surface area contributed by atoms with Crippen LogP contribution in [0.1, 0.15) is 31.2 Å². The van der Waals surface area contributed by atoms with Gasteiger partial charge >= 0.3 is 5.97 Å². The van der Waals surface area contributed by atoms with Crippen molar-refractivity contribution in [1.29, 1.82) is 0 Å². The zero-order valence-electron chi connectivity index (χ0n) is 11.4. The molecule has 5 heteroatoms. The summed E-state index contributed by atoms with van der Waals surface area (Å²) in [5.41, 5.74) is 1.13. The fourth-order valence-electron chi connectivity index (χ4n) is 2.68. The van der Waals surface area contributed by atoms with E-state index in [0.717, 1.165) is 24.8 Å². The van der Waals surface area contributed by atoms with Gasteiger partial charge < -0.3 is 10.4 Å². The van der Waals surface area contributed by atoms with Crippen LogP contribution in [0.3, 0.4) is 0 Å². The van der Waals surface area contributed by atoms with Crippen LogP contribution >= 0.6 is 0 Å². The summed E-state index contributed by atoms with van der Waals surface area (Å²) in [5, 5.41) is 11.9. The predicted octanol–water partition coefficient (Wildman–Crippen LogP) is 1.63. The second kappa shape index (κ2) is 7.03. The Morgan fingerprint density at radius 1 is 1.25 bits per heavy atom. The number of nitrogens with one attached hydrogen (secondary N) is 1. The van der Waals surface area contributed by atoms with Gasteiger partial charge in [-0.25, -0.2) is 0 Å². The molecule has 0 radical (unpaired) electrons.